The van der Waals surface area contributed by atoms with Gasteiger partial charge in [0.25, 0.3) is 0 Å². The van der Waals surface area contributed by atoms with E-state index in [0.29, 0.717) is 30.4 Å². The number of rotatable bonds is 4. The zero-order valence-corrected chi connectivity index (χ0v) is 12.3. The quantitative estimate of drug-likeness (QED) is 0.926. The molecule has 0 aromatic heterocycles. The van der Waals surface area contributed by atoms with E-state index in [1.807, 2.05) is 6.92 Å². The van der Waals surface area contributed by atoms with Gasteiger partial charge in [-0.25, -0.2) is 8.78 Å². The number of nitrogens with one attached hydrogen (secondary N) is 1. The maximum atomic E-state index is 14.0. The fraction of sp³-hybridized carbons (Fsp3) is 0.562. The summed E-state index contributed by atoms with van der Waals surface area (Å²) in [6.07, 6.45) is 1.28. The molecule has 1 saturated heterocycles. The number of hydrogen-bond acceptors (Lipinski definition) is 2. The SMILES string of the molecule is CCC1NC(c2ccc(F)cc2F)N(CC2CC2C)C1=O. The summed E-state index contributed by atoms with van der Waals surface area (Å²) in [4.78, 5) is 14.2. The van der Waals surface area contributed by atoms with E-state index in [0.717, 1.165) is 12.5 Å². The predicted molar refractivity (Wildman–Crippen MR) is 75.3 cm³/mol. The third-order valence-electron chi connectivity index (χ3n) is 4.62. The zero-order chi connectivity index (χ0) is 15.1. The molecule has 0 bridgehead atoms. The van der Waals surface area contributed by atoms with Crippen LogP contribution in [-0.2, 0) is 4.79 Å². The highest BCUT2D eigenvalue weighted by molar-refractivity contribution is 5.84. The smallest absolute Gasteiger partial charge is 0.241 e. The third kappa shape index (κ3) is 2.67. The van der Waals surface area contributed by atoms with Crippen LogP contribution in [-0.4, -0.2) is 23.4 Å². The molecule has 5 heteroatoms. The first kappa shape index (κ1) is 14.4. The molecule has 1 saturated carbocycles. The van der Waals surface area contributed by atoms with Crippen LogP contribution in [0.25, 0.3) is 0 Å². The van der Waals surface area contributed by atoms with Gasteiger partial charge in [-0.15, -0.1) is 0 Å². The predicted octanol–water partition coefficient (Wildman–Crippen LogP) is 2.83. The van der Waals surface area contributed by atoms with Crippen molar-refractivity contribution in [3.63, 3.8) is 0 Å². The molecule has 0 spiro atoms. The van der Waals surface area contributed by atoms with Crippen molar-refractivity contribution in [1.82, 2.24) is 10.2 Å². The number of amides is 1. The lowest BCUT2D eigenvalue weighted by Crippen LogP contribution is -2.33. The van der Waals surface area contributed by atoms with E-state index < -0.39 is 17.8 Å². The van der Waals surface area contributed by atoms with Crippen molar-refractivity contribution in [1.29, 1.82) is 0 Å². The Balaban J connectivity index is 1.88. The molecule has 114 valence electrons. The summed E-state index contributed by atoms with van der Waals surface area (Å²) in [5, 5.41) is 3.18. The van der Waals surface area contributed by atoms with E-state index in [9.17, 15) is 13.6 Å². The van der Waals surface area contributed by atoms with Crippen molar-refractivity contribution in [2.24, 2.45) is 11.8 Å². The van der Waals surface area contributed by atoms with E-state index in [2.05, 4.69) is 12.2 Å². The molecule has 1 N–H and O–H groups in total. The lowest BCUT2D eigenvalue weighted by atomic mass is 10.1. The second-order valence-corrected chi connectivity index (χ2v) is 6.16. The van der Waals surface area contributed by atoms with E-state index >= 15 is 0 Å². The molecule has 2 fully saturated rings. The van der Waals surface area contributed by atoms with Gasteiger partial charge in [-0.2, -0.15) is 0 Å². The van der Waals surface area contributed by atoms with Crippen LogP contribution < -0.4 is 5.32 Å². The summed E-state index contributed by atoms with van der Waals surface area (Å²) < 4.78 is 27.1. The van der Waals surface area contributed by atoms with Gasteiger partial charge in [0.1, 0.15) is 17.8 Å². The van der Waals surface area contributed by atoms with Crippen LogP contribution in [0.3, 0.4) is 0 Å². The van der Waals surface area contributed by atoms with Gasteiger partial charge in [0.2, 0.25) is 5.91 Å². The molecule has 4 unspecified atom stereocenters. The average molecular weight is 294 g/mol. The highest BCUT2D eigenvalue weighted by atomic mass is 19.1. The van der Waals surface area contributed by atoms with Crippen LogP contribution in [0.1, 0.15) is 38.4 Å². The standard InChI is InChI=1S/C16H20F2N2O/c1-3-14-16(21)20(8-10-6-9(10)2)15(19-14)12-5-4-11(17)7-13(12)18/h4-5,7,9-10,14-15,19H,3,6,8H2,1-2H3. The monoisotopic (exact) mass is 294 g/mol. The molecule has 1 heterocycles. The van der Waals surface area contributed by atoms with Crippen LogP contribution >= 0.6 is 0 Å². The number of halogens is 2. The molecule has 1 aliphatic heterocycles. The number of benzene rings is 1. The molecule has 3 rings (SSSR count). The van der Waals surface area contributed by atoms with Gasteiger partial charge in [0.15, 0.2) is 0 Å². The van der Waals surface area contributed by atoms with Gasteiger partial charge < -0.3 is 4.90 Å². The summed E-state index contributed by atoms with van der Waals surface area (Å²) in [6.45, 7) is 4.73. The molecule has 4 atom stereocenters. The Morgan fingerprint density at radius 1 is 1.38 bits per heavy atom. The second-order valence-electron chi connectivity index (χ2n) is 6.16. The fourth-order valence-electron chi connectivity index (χ4n) is 3.05. The van der Waals surface area contributed by atoms with Gasteiger partial charge in [0, 0.05) is 18.2 Å². The molecule has 0 radical (unpaired) electrons. The number of nitrogens with zero attached hydrogens (tertiary/aromatic N) is 1. The number of carbonyl (C=O) groups excluding carboxylic acids is 1. The molecule has 1 aromatic carbocycles. The Hall–Kier alpha value is -1.49. The van der Waals surface area contributed by atoms with Crippen molar-refractivity contribution in [3.05, 3.63) is 35.4 Å². The Morgan fingerprint density at radius 2 is 2.10 bits per heavy atom. The van der Waals surface area contributed by atoms with Crippen molar-refractivity contribution < 1.29 is 13.6 Å². The minimum Gasteiger partial charge on any atom is -0.321 e. The highest BCUT2D eigenvalue weighted by Crippen LogP contribution is 2.41. The first-order valence-electron chi connectivity index (χ1n) is 7.52. The van der Waals surface area contributed by atoms with Crippen LogP contribution in [0.5, 0.6) is 0 Å². The number of hydrogen-bond donors (Lipinski definition) is 1. The highest BCUT2D eigenvalue weighted by Gasteiger charge is 2.44. The molecule has 2 aliphatic rings. The van der Waals surface area contributed by atoms with E-state index in [-0.39, 0.29) is 11.9 Å². The summed E-state index contributed by atoms with van der Waals surface area (Å²) in [5.74, 6) is -0.0687. The van der Waals surface area contributed by atoms with Crippen LogP contribution in [0.2, 0.25) is 0 Å². The minimum absolute atomic E-state index is 0.0188. The lowest BCUT2D eigenvalue weighted by Gasteiger charge is -2.25. The summed E-state index contributed by atoms with van der Waals surface area (Å²) in [7, 11) is 0. The molecule has 3 nitrogen and oxygen atoms in total. The van der Waals surface area contributed by atoms with Gasteiger partial charge in [0.05, 0.1) is 6.04 Å². The van der Waals surface area contributed by atoms with Gasteiger partial charge >= 0.3 is 0 Å². The molecule has 1 amide bonds. The van der Waals surface area contributed by atoms with Gasteiger partial charge in [-0.3, -0.25) is 10.1 Å². The van der Waals surface area contributed by atoms with Crippen molar-refractivity contribution in [2.75, 3.05) is 6.54 Å². The van der Waals surface area contributed by atoms with Crippen LogP contribution in [0, 0.1) is 23.5 Å². The first-order valence-corrected chi connectivity index (χ1v) is 7.52. The summed E-state index contributed by atoms with van der Waals surface area (Å²) in [6, 6.07) is 3.26. The zero-order valence-electron chi connectivity index (χ0n) is 12.3. The van der Waals surface area contributed by atoms with E-state index in [4.69, 9.17) is 0 Å². The topological polar surface area (TPSA) is 32.3 Å². The number of carbonyl (C=O) groups is 1. The lowest BCUT2D eigenvalue weighted by molar-refractivity contribution is -0.130. The van der Waals surface area contributed by atoms with Crippen LogP contribution in [0.15, 0.2) is 18.2 Å². The Kier molecular flexibility index (Phi) is 3.69. The molecule has 21 heavy (non-hydrogen) atoms. The fourth-order valence-corrected chi connectivity index (χ4v) is 3.05. The van der Waals surface area contributed by atoms with Gasteiger partial charge in [-0.05, 0) is 36.8 Å². The maximum Gasteiger partial charge on any atom is 0.241 e. The van der Waals surface area contributed by atoms with Crippen LogP contribution in [0.4, 0.5) is 8.78 Å². The van der Waals surface area contributed by atoms with Gasteiger partial charge in [-0.1, -0.05) is 13.8 Å². The summed E-state index contributed by atoms with van der Waals surface area (Å²) >= 11 is 0. The normalized spacial score (nSPS) is 31.8. The maximum absolute atomic E-state index is 14.0. The Bertz CT molecular complexity index is 563. The molecular weight excluding hydrogens is 274 g/mol. The third-order valence-corrected chi connectivity index (χ3v) is 4.62. The molecular formula is C16H20F2N2O. The van der Waals surface area contributed by atoms with Crippen molar-refractivity contribution >= 4 is 5.91 Å². The summed E-state index contributed by atoms with van der Waals surface area (Å²) in [5.41, 5.74) is 0.342. The Morgan fingerprint density at radius 3 is 2.67 bits per heavy atom. The van der Waals surface area contributed by atoms with Crippen molar-refractivity contribution in [2.45, 2.75) is 38.9 Å². The van der Waals surface area contributed by atoms with E-state index in [1.54, 1.807) is 4.90 Å². The van der Waals surface area contributed by atoms with Crippen molar-refractivity contribution in [3.8, 4) is 0 Å². The largest absolute Gasteiger partial charge is 0.321 e. The first-order chi connectivity index (χ1) is 10.0. The second kappa shape index (κ2) is 5.37. The molecule has 1 aliphatic carbocycles. The Labute approximate surface area is 123 Å². The van der Waals surface area contributed by atoms with E-state index in [1.165, 1.54) is 12.1 Å². The minimum atomic E-state index is -0.606. The average Bonchev–Trinajstić information content (AvgIpc) is 3.04. The molecule has 1 aromatic rings.